The van der Waals surface area contributed by atoms with Crippen molar-refractivity contribution in [1.82, 2.24) is 4.31 Å². The lowest BCUT2D eigenvalue weighted by Gasteiger charge is -2.42. The number of ether oxygens (including phenoxy) is 1. The van der Waals surface area contributed by atoms with Gasteiger partial charge in [-0.3, -0.25) is 0 Å². The molecule has 27 heavy (non-hydrogen) atoms. The number of anilines is 1. The lowest BCUT2D eigenvalue weighted by Crippen LogP contribution is -2.48. The molecule has 2 aliphatic heterocycles. The maximum atomic E-state index is 12.9. The predicted octanol–water partition coefficient (Wildman–Crippen LogP) is 3.90. The summed E-state index contributed by atoms with van der Waals surface area (Å²) in [6.07, 6.45) is 1.59. The van der Waals surface area contributed by atoms with Crippen molar-refractivity contribution >= 4 is 31.6 Å². The van der Waals surface area contributed by atoms with Gasteiger partial charge in [0.25, 0.3) is 0 Å². The first-order chi connectivity index (χ1) is 13.0. The minimum Gasteiger partial charge on any atom is -0.356 e. The first-order valence-electron chi connectivity index (χ1n) is 9.15. The molecule has 2 aliphatic rings. The molecule has 0 radical (unpaired) electrons. The van der Waals surface area contributed by atoms with Crippen molar-refractivity contribution in [3.05, 3.63) is 58.1 Å². The third-order valence-electron chi connectivity index (χ3n) is 5.39. The zero-order chi connectivity index (χ0) is 19.0. The van der Waals surface area contributed by atoms with Crippen LogP contribution in [0.5, 0.6) is 0 Å². The molecule has 144 valence electrons. The Morgan fingerprint density at radius 1 is 1.11 bits per heavy atom. The molecule has 0 atom stereocenters. The Morgan fingerprint density at radius 2 is 1.85 bits per heavy atom. The molecule has 5 nitrogen and oxygen atoms in total. The standard InChI is InChI=1S/C20H23BrN2O3S/c1-15-4-2-5-16-13-26-14-23(20(15)16)18-8-10-22(11-9-18)27(24,25)19-7-3-6-17(21)12-19/h2-7,12,18H,8-11,13-14H2,1H3. The highest BCUT2D eigenvalue weighted by atomic mass is 79.9. The number of aryl methyl sites for hydroxylation is 1. The van der Waals surface area contributed by atoms with E-state index in [1.54, 1.807) is 22.5 Å². The summed E-state index contributed by atoms with van der Waals surface area (Å²) >= 11 is 3.36. The van der Waals surface area contributed by atoms with Crippen LogP contribution in [0, 0.1) is 6.92 Å². The molecule has 0 unspecified atom stereocenters. The number of piperidine rings is 1. The van der Waals surface area contributed by atoms with Crippen molar-refractivity contribution in [3.8, 4) is 0 Å². The zero-order valence-corrected chi connectivity index (χ0v) is 17.7. The van der Waals surface area contributed by atoms with Crippen molar-refractivity contribution < 1.29 is 13.2 Å². The summed E-state index contributed by atoms with van der Waals surface area (Å²) in [6, 6.07) is 13.5. The first-order valence-corrected chi connectivity index (χ1v) is 11.4. The van der Waals surface area contributed by atoms with E-state index in [4.69, 9.17) is 4.74 Å². The minimum absolute atomic E-state index is 0.291. The van der Waals surface area contributed by atoms with Gasteiger partial charge < -0.3 is 9.64 Å². The van der Waals surface area contributed by atoms with E-state index in [2.05, 4.69) is 46.0 Å². The number of hydrogen-bond acceptors (Lipinski definition) is 4. The fraction of sp³-hybridized carbons (Fsp3) is 0.400. The van der Waals surface area contributed by atoms with Crippen molar-refractivity contribution in [2.75, 3.05) is 24.7 Å². The highest BCUT2D eigenvalue weighted by Gasteiger charge is 2.33. The Kier molecular flexibility index (Phi) is 5.29. The second-order valence-electron chi connectivity index (χ2n) is 7.12. The average molecular weight is 451 g/mol. The molecular weight excluding hydrogens is 428 g/mol. The summed E-state index contributed by atoms with van der Waals surface area (Å²) in [5, 5.41) is 0. The van der Waals surface area contributed by atoms with Crippen molar-refractivity contribution in [1.29, 1.82) is 0 Å². The molecule has 0 saturated carbocycles. The van der Waals surface area contributed by atoms with E-state index >= 15 is 0 Å². The van der Waals surface area contributed by atoms with Crippen LogP contribution in [0.4, 0.5) is 5.69 Å². The summed E-state index contributed by atoms with van der Waals surface area (Å²) in [5.41, 5.74) is 3.72. The van der Waals surface area contributed by atoms with Gasteiger partial charge in [0.2, 0.25) is 10.0 Å². The van der Waals surface area contributed by atoms with Crippen LogP contribution in [-0.4, -0.2) is 38.6 Å². The van der Waals surface area contributed by atoms with E-state index in [0.717, 1.165) is 17.3 Å². The molecule has 2 aromatic rings. The Labute approximate surface area is 169 Å². The molecule has 0 bridgehead atoms. The van der Waals surface area contributed by atoms with Gasteiger partial charge in [-0.15, -0.1) is 0 Å². The second kappa shape index (κ2) is 7.54. The molecule has 4 rings (SSSR count). The number of halogens is 1. The molecule has 2 aromatic carbocycles. The highest BCUT2D eigenvalue weighted by molar-refractivity contribution is 9.10. The minimum atomic E-state index is -3.45. The van der Waals surface area contributed by atoms with E-state index in [9.17, 15) is 8.42 Å². The SMILES string of the molecule is Cc1cccc2c1N(C1CCN(S(=O)(=O)c3cccc(Br)c3)CC1)COC2. The van der Waals surface area contributed by atoms with Gasteiger partial charge in [0.15, 0.2) is 0 Å². The Morgan fingerprint density at radius 3 is 2.59 bits per heavy atom. The van der Waals surface area contributed by atoms with Crippen molar-refractivity contribution in [2.24, 2.45) is 0 Å². The van der Waals surface area contributed by atoms with Crippen molar-refractivity contribution in [3.63, 3.8) is 0 Å². The Balaban J connectivity index is 1.51. The number of nitrogens with zero attached hydrogens (tertiary/aromatic N) is 2. The normalized spacial score (nSPS) is 19.1. The number of para-hydroxylation sites is 1. The van der Waals surface area contributed by atoms with Crippen molar-refractivity contribution in [2.45, 2.75) is 37.3 Å². The molecule has 2 heterocycles. The van der Waals surface area contributed by atoms with E-state index in [-0.39, 0.29) is 0 Å². The molecule has 0 aromatic heterocycles. The Hall–Kier alpha value is -1.41. The topological polar surface area (TPSA) is 49.9 Å². The lowest BCUT2D eigenvalue weighted by atomic mass is 10.00. The molecule has 0 N–H and O–H groups in total. The van der Waals surface area contributed by atoms with Crippen LogP contribution in [0.15, 0.2) is 51.8 Å². The van der Waals surface area contributed by atoms with Crippen LogP contribution < -0.4 is 4.90 Å². The van der Waals surface area contributed by atoms with E-state index < -0.39 is 10.0 Å². The smallest absolute Gasteiger partial charge is 0.243 e. The largest absolute Gasteiger partial charge is 0.356 e. The van der Waals surface area contributed by atoms with Gasteiger partial charge in [-0.2, -0.15) is 4.31 Å². The van der Waals surface area contributed by atoms with Crippen LogP contribution in [0.25, 0.3) is 0 Å². The lowest BCUT2D eigenvalue weighted by molar-refractivity contribution is 0.0986. The summed E-state index contributed by atoms with van der Waals surface area (Å²) in [5.74, 6) is 0. The van der Waals surface area contributed by atoms with E-state index in [1.165, 1.54) is 16.8 Å². The average Bonchev–Trinajstić information content (AvgIpc) is 2.68. The molecule has 0 aliphatic carbocycles. The number of hydrogen-bond donors (Lipinski definition) is 0. The monoisotopic (exact) mass is 450 g/mol. The third kappa shape index (κ3) is 3.66. The van der Waals surface area contributed by atoms with Gasteiger partial charge in [0, 0.05) is 34.9 Å². The van der Waals surface area contributed by atoms with E-state index in [1.807, 2.05) is 6.07 Å². The number of fused-ring (bicyclic) bond motifs is 1. The molecule has 1 fully saturated rings. The number of benzene rings is 2. The maximum Gasteiger partial charge on any atom is 0.243 e. The summed E-state index contributed by atoms with van der Waals surface area (Å²) in [7, 11) is -3.45. The number of rotatable bonds is 3. The fourth-order valence-electron chi connectivity index (χ4n) is 4.02. The quantitative estimate of drug-likeness (QED) is 0.711. The fourth-order valence-corrected chi connectivity index (χ4v) is 6.09. The van der Waals surface area contributed by atoms with Crippen LogP contribution >= 0.6 is 15.9 Å². The molecular formula is C20H23BrN2O3S. The van der Waals surface area contributed by atoms with Crippen LogP contribution in [-0.2, 0) is 21.4 Å². The predicted molar refractivity (Wildman–Crippen MR) is 109 cm³/mol. The summed E-state index contributed by atoms with van der Waals surface area (Å²) in [4.78, 5) is 2.66. The second-order valence-corrected chi connectivity index (χ2v) is 9.98. The molecule has 1 saturated heterocycles. The summed E-state index contributed by atoms with van der Waals surface area (Å²) in [6.45, 7) is 4.39. The van der Waals surface area contributed by atoms with E-state index in [0.29, 0.717) is 37.4 Å². The zero-order valence-electron chi connectivity index (χ0n) is 15.3. The van der Waals surface area contributed by atoms with Crippen LogP contribution in [0.2, 0.25) is 0 Å². The highest BCUT2D eigenvalue weighted by Crippen LogP contribution is 2.34. The number of sulfonamides is 1. The molecule has 0 spiro atoms. The van der Waals surface area contributed by atoms with Gasteiger partial charge in [-0.05, 0) is 43.5 Å². The van der Waals surface area contributed by atoms with Gasteiger partial charge in [0.05, 0.1) is 11.5 Å². The maximum absolute atomic E-state index is 12.9. The first kappa shape index (κ1) is 18.9. The van der Waals surface area contributed by atoms with Gasteiger partial charge in [0.1, 0.15) is 6.73 Å². The third-order valence-corrected chi connectivity index (χ3v) is 7.78. The van der Waals surface area contributed by atoms with Crippen LogP contribution in [0.3, 0.4) is 0 Å². The Bertz CT molecular complexity index is 940. The summed E-state index contributed by atoms with van der Waals surface area (Å²) < 4.78 is 34.0. The molecule has 0 amide bonds. The van der Waals surface area contributed by atoms with Crippen LogP contribution in [0.1, 0.15) is 24.0 Å². The van der Waals surface area contributed by atoms with Gasteiger partial charge >= 0.3 is 0 Å². The molecule has 7 heteroatoms. The van der Waals surface area contributed by atoms with Gasteiger partial charge in [-0.1, -0.05) is 40.2 Å². The van der Waals surface area contributed by atoms with Gasteiger partial charge in [-0.25, -0.2) is 8.42 Å².